The molecule has 2 heteroatoms. The summed E-state index contributed by atoms with van der Waals surface area (Å²) in [5, 5.41) is 9.36. The van der Waals surface area contributed by atoms with Crippen molar-refractivity contribution in [2.75, 3.05) is 19.6 Å². The molecule has 1 saturated carbocycles. The van der Waals surface area contributed by atoms with E-state index in [1.165, 1.54) is 19.4 Å². The van der Waals surface area contributed by atoms with Crippen molar-refractivity contribution in [2.24, 2.45) is 5.92 Å². The minimum absolute atomic E-state index is 0.00652. The van der Waals surface area contributed by atoms with Crippen LogP contribution in [-0.4, -0.2) is 35.7 Å². The molecule has 1 aliphatic heterocycles. The number of nitrogens with zero attached hydrogens (tertiary/aromatic N) is 1. The van der Waals surface area contributed by atoms with E-state index in [2.05, 4.69) is 17.1 Å². The first-order valence-electron chi connectivity index (χ1n) is 5.40. The van der Waals surface area contributed by atoms with Crippen molar-refractivity contribution in [1.82, 2.24) is 4.90 Å². The lowest BCUT2D eigenvalue weighted by molar-refractivity contribution is 0.0981. The van der Waals surface area contributed by atoms with Crippen molar-refractivity contribution >= 4 is 0 Å². The Labute approximate surface area is 80.2 Å². The van der Waals surface area contributed by atoms with Gasteiger partial charge in [-0.3, -0.25) is 4.90 Å². The van der Waals surface area contributed by atoms with Crippen molar-refractivity contribution < 1.29 is 5.11 Å². The summed E-state index contributed by atoms with van der Waals surface area (Å²) in [6, 6.07) is 0. The van der Waals surface area contributed by atoms with Crippen LogP contribution in [0, 0.1) is 5.92 Å². The van der Waals surface area contributed by atoms with Crippen LogP contribution in [0.4, 0.5) is 0 Å². The van der Waals surface area contributed by atoms with Gasteiger partial charge in [-0.2, -0.15) is 0 Å². The Balaban J connectivity index is 1.70. The number of hydrogen-bond donors (Lipinski definition) is 1. The monoisotopic (exact) mass is 181 g/mol. The lowest BCUT2D eigenvalue weighted by Crippen LogP contribution is -2.30. The predicted octanol–water partition coefficient (Wildman–Crippen LogP) is 1.41. The van der Waals surface area contributed by atoms with Gasteiger partial charge in [0.1, 0.15) is 0 Å². The molecule has 74 valence electrons. The largest absolute Gasteiger partial charge is 0.393 e. The Kier molecular flexibility index (Phi) is 3.01. The minimum Gasteiger partial charge on any atom is -0.393 e. The van der Waals surface area contributed by atoms with E-state index in [0.29, 0.717) is 0 Å². The summed E-state index contributed by atoms with van der Waals surface area (Å²) in [4.78, 5) is 2.49. The van der Waals surface area contributed by atoms with Gasteiger partial charge in [-0.05, 0) is 31.6 Å². The summed E-state index contributed by atoms with van der Waals surface area (Å²) < 4.78 is 0. The van der Waals surface area contributed by atoms with Gasteiger partial charge in [0.15, 0.2) is 0 Å². The average Bonchev–Trinajstić information content (AvgIpc) is 2.62. The standard InChI is InChI=1S/C11H19NO/c13-11-5-3-10(4-6-11)9-12-7-1-2-8-12/h1-2,10-11,13H,3-9H2. The molecule has 0 radical (unpaired) electrons. The summed E-state index contributed by atoms with van der Waals surface area (Å²) in [6.45, 7) is 3.51. The normalized spacial score (nSPS) is 35.5. The zero-order chi connectivity index (χ0) is 9.10. The van der Waals surface area contributed by atoms with E-state index in [-0.39, 0.29) is 6.10 Å². The molecule has 0 spiro atoms. The molecular formula is C11H19NO. The highest BCUT2D eigenvalue weighted by Crippen LogP contribution is 2.25. The van der Waals surface area contributed by atoms with Crippen LogP contribution in [0.2, 0.25) is 0 Å². The number of aliphatic hydroxyl groups excluding tert-OH is 1. The molecule has 2 aliphatic rings. The van der Waals surface area contributed by atoms with Crippen LogP contribution >= 0.6 is 0 Å². The summed E-state index contributed by atoms with van der Waals surface area (Å²) in [7, 11) is 0. The first-order valence-corrected chi connectivity index (χ1v) is 5.40. The lowest BCUT2D eigenvalue weighted by atomic mass is 9.87. The Hall–Kier alpha value is -0.340. The SMILES string of the molecule is OC1CCC(CN2CC=CC2)CC1. The second-order valence-corrected chi connectivity index (χ2v) is 4.36. The predicted molar refractivity (Wildman–Crippen MR) is 53.5 cm³/mol. The fourth-order valence-corrected chi connectivity index (χ4v) is 2.36. The molecule has 1 fully saturated rings. The topological polar surface area (TPSA) is 23.5 Å². The van der Waals surface area contributed by atoms with Crippen molar-refractivity contribution in [1.29, 1.82) is 0 Å². The maximum Gasteiger partial charge on any atom is 0.0540 e. The molecule has 0 unspecified atom stereocenters. The van der Waals surface area contributed by atoms with Crippen LogP contribution in [0.3, 0.4) is 0 Å². The molecule has 2 nitrogen and oxygen atoms in total. The first-order chi connectivity index (χ1) is 6.34. The molecule has 1 heterocycles. The highest BCUT2D eigenvalue weighted by atomic mass is 16.3. The maximum atomic E-state index is 9.36. The molecule has 0 aromatic heterocycles. The van der Waals surface area contributed by atoms with Crippen molar-refractivity contribution in [3.8, 4) is 0 Å². The summed E-state index contributed by atoms with van der Waals surface area (Å²) in [5.74, 6) is 0.836. The first kappa shape index (κ1) is 9.22. The van der Waals surface area contributed by atoms with Crippen LogP contribution in [0.15, 0.2) is 12.2 Å². The van der Waals surface area contributed by atoms with Gasteiger partial charge < -0.3 is 5.11 Å². The zero-order valence-electron chi connectivity index (χ0n) is 8.15. The molecule has 2 rings (SSSR count). The van der Waals surface area contributed by atoms with Crippen molar-refractivity contribution in [2.45, 2.75) is 31.8 Å². The van der Waals surface area contributed by atoms with E-state index in [1.54, 1.807) is 0 Å². The van der Waals surface area contributed by atoms with Gasteiger partial charge in [0.2, 0.25) is 0 Å². The van der Waals surface area contributed by atoms with E-state index in [9.17, 15) is 5.11 Å². The van der Waals surface area contributed by atoms with E-state index >= 15 is 0 Å². The molecule has 0 atom stereocenters. The molecule has 13 heavy (non-hydrogen) atoms. The Bertz CT molecular complexity index is 175. The van der Waals surface area contributed by atoms with E-state index in [0.717, 1.165) is 31.8 Å². The van der Waals surface area contributed by atoms with Gasteiger partial charge in [-0.25, -0.2) is 0 Å². The molecule has 0 bridgehead atoms. The van der Waals surface area contributed by atoms with Crippen LogP contribution in [0.25, 0.3) is 0 Å². The van der Waals surface area contributed by atoms with Crippen molar-refractivity contribution in [3.63, 3.8) is 0 Å². The number of aliphatic hydroxyl groups is 1. The Morgan fingerprint density at radius 2 is 1.69 bits per heavy atom. The third-order valence-corrected chi connectivity index (χ3v) is 3.23. The summed E-state index contributed by atoms with van der Waals surface area (Å²) in [6.07, 6.45) is 8.97. The molecule has 0 aromatic rings. The fraction of sp³-hybridized carbons (Fsp3) is 0.818. The van der Waals surface area contributed by atoms with Gasteiger partial charge >= 0.3 is 0 Å². The molecular weight excluding hydrogens is 162 g/mol. The second kappa shape index (κ2) is 4.25. The van der Waals surface area contributed by atoms with Crippen molar-refractivity contribution in [3.05, 3.63) is 12.2 Å². The molecule has 0 amide bonds. The Morgan fingerprint density at radius 3 is 2.31 bits per heavy atom. The smallest absolute Gasteiger partial charge is 0.0540 e. The summed E-state index contributed by atoms with van der Waals surface area (Å²) >= 11 is 0. The van der Waals surface area contributed by atoms with E-state index < -0.39 is 0 Å². The highest BCUT2D eigenvalue weighted by Gasteiger charge is 2.21. The molecule has 1 N–H and O–H groups in total. The second-order valence-electron chi connectivity index (χ2n) is 4.36. The third-order valence-electron chi connectivity index (χ3n) is 3.23. The molecule has 0 aromatic carbocycles. The fourth-order valence-electron chi connectivity index (χ4n) is 2.36. The lowest BCUT2D eigenvalue weighted by Gasteiger charge is -2.28. The van der Waals surface area contributed by atoms with Gasteiger partial charge in [-0.15, -0.1) is 0 Å². The number of hydrogen-bond acceptors (Lipinski definition) is 2. The quantitative estimate of drug-likeness (QED) is 0.651. The summed E-state index contributed by atoms with van der Waals surface area (Å²) in [5.41, 5.74) is 0. The Morgan fingerprint density at radius 1 is 1.08 bits per heavy atom. The van der Waals surface area contributed by atoms with E-state index in [1.807, 2.05) is 0 Å². The third kappa shape index (κ3) is 2.55. The van der Waals surface area contributed by atoms with Crippen LogP contribution in [0.1, 0.15) is 25.7 Å². The highest BCUT2D eigenvalue weighted by molar-refractivity contribution is 4.95. The molecule has 0 saturated heterocycles. The maximum absolute atomic E-state index is 9.36. The van der Waals surface area contributed by atoms with Crippen LogP contribution in [-0.2, 0) is 0 Å². The average molecular weight is 181 g/mol. The number of rotatable bonds is 2. The zero-order valence-corrected chi connectivity index (χ0v) is 8.15. The van der Waals surface area contributed by atoms with E-state index in [4.69, 9.17) is 0 Å². The van der Waals surface area contributed by atoms with Gasteiger partial charge in [0.25, 0.3) is 0 Å². The van der Waals surface area contributed by atoms with Gasteiger partial charge in [0.05, 0.1) is 6.10 Å². The molecule has 1 aliphatic carbocycles. The minimum atomic E-state index is -0.00652. The van der Waals surface area contributed by atoms with Crippen LogP contribution < -0.4 is 0 Å². The van der Waals surface area contributed by atoms with Gasteiger partial charge in [0, 0.05) is 19.6 Å². The van der Waals surface area contributed by atoms with Gasteiger partial charge in [-0.1, -0.05) is 12.2 Å². The van der Waals surface area contributed by atoms with Crippen LogP contribution in [0.5, 0.6) is 0 Å².